The zero-order chi connectivity index (χ0) is 13.5. The molecule has 1 aliphatic rings. The van der Waals surface area contributed by atoms with Gasteiger partial charge in [0.2, 0.25) is 0 Å². The van der Waals surface area contributed by atoms with Gasteiger partial charge < -0.3 is 15.2 Å². The normalized spacial score (nSPS) is 23.2. The zero-order valence-electron chi connectivity index (χ0n) is 10.3. The van der Waals surface area contributed by atoms with Crippen LogP contribution < -0.4 is 11.1 Å². The predicted octanol–water partition coefficient (Wildman–Crippen LogP) is -0.0703. The number of nitrogens with two attached hydrogens (primary N) is 1. The summed E-state index contributed by atoms with van der Waals surface area (Å²) in [5.41, 5.74) is 4.79. The highest BCUT2D eigenvalue weighted by Gasteiger charge is 2.27. The quantitative estimate of drug-likeness (QED) is 0.686. The van der Waals surface area contributed by atoms with E-state index in [1.54, 1.807) is 0 Å². The largest absolute Gasteiger partial charge is 0.469 e. The molecule has 102 valence electrons. The minimum absolute atomic E-state index is 0.0652. The second kappa shape index (κ2) is 6.95. The summed E-state index contributed by atoms with van der Waals surface area (Å²) in [5.74, 6) is -0.827. The summed E-state index contributed by atoms with van der Waals surface area (Å²) in [7, 11) is 1.37. The lowest BCUT2D eigenvalue weighted by molar-refractivity contribution is -0.148. The van der Waals surface area contributed by atoms with Crippen LogP contribution in [0, 0.1) is 5.92 Å². The summed E-state index contributed by atoms with van der Waals surface area (Å²) < 4.78 is 10.0. The van der Waals surface area contributed by atoms with Crippen LogP contribution in [-0.4, -0.2) is 37.7 Å². The SMILES string of the molecule is COC(=O)C1CCC(OCC(=O)NC(N)=O)CC1. The van der Waals surface area contributed by atoms with Crippen molar-refractivity contribution in [3.05, 3.63) is 0 Å². The number of imide groups is 1. The van der Waals surface area contributed by atoms with Gasteiger partial charge in [-0.2, -0.15) is 0 Å². The van der Waals surface area contributed by atoms with Gasteiger partial charge >= 0.3 is 12.0 Å². The van der Waals surface area contributed by atoms with Gasteiger partial charge in [-0.3, -0.25) is 14.9 Å². The molecule has 1 aliphatic carbocycles. The first kappa shape index (κ1) is 14.4. The second-order valence-electron chi connectivity index (χ2n) is 4.22. The molecule has 7 nitrogen and oxygen atoms in total. The molecule has 0 aromatic carbocycles. The molecule has 1 rings (SSSR count). The highest BCUT2D eigenvalue weighted by atomic mass is 16.5. The lowest BCUT2D eigenvalue weighted by Gasteiger charge is -2.26. The average molecular weight is 258 g/mol. The van der Waals surface area contributed by atoms with E-state index in [4.69, 9.17) is 10.5 Å². The smallest absolute Gasteiger partial charge is 0.318 e. The van der Waals surface area contributed by atoms with Gasteiger partial charge in [0.25, 0.3) is 5.91 Å². The Morgan fingerprint density at radius 2 is 1.83 bits per heavy atom. The van der Waals surface area contributed by atoms with Gasteiger partial charge in [0.05, 0.1) is 19.1 Å². The van der Waals surface area contributed by atoms with Crippen LogP contribution in [0.1, 0.15) is 25.7 Å². The predicted molar refractivity (Wildman–Crippen MR) is 61.4 cm³/mol. The number of esters is 1. The third kappa shape index (κ3) is 4.70. The molecule has 18 heavy (non-hydrogen) atoms. The van der Waals surface area contributed by atoms with Crippen LogP contribution >= 0.6 is 0 Å². The van der Waals surface area contributed by atoms with Crippen LogP contribution in [0.25, 0.3) is 0 Å². The first-order valence-corrected chi connectivity index (χ1v) is 5.81. The number of carbonyl (C=O) groups is 3. The van der Waals surface area contributed by atoms with Crippen LogP contribution in [0.3, 0.4) is 0 Å². The minimum Gasteiger partial charge on any atom is -0.469 e. The van der Waals surface area contributed by atoms with Crippen LogP contribution in [0.5, 0.6) is 0 Å². The summed E-state index contributed by atoms with van der Waals surface area (Å²) in [5, 5.41) is 1.92. The molecule has 0 radical (unpaired) electrons. The van der Waals surface area contributed by atoms with Gasteiger partial charge in [0.1, 0.15) is 6.61 Å². The number of nitrogens with one attached hydrogen (secondary N) is 1. The highest BCUT2D eigenvalue weighted by molar-refractivity contribution is 5.94. The number of hydrogen-bond acceptors (Lipinski definition) is 5. The first-order chi connectivity index (χ1) is 8.52. The van der Waals surface area contributed by atoms with E-state index in [2.05, 4.69) is 4.74 Å². The summed E-state index contributed by atoms with van der Waals surface area (Å²) in [6, 6.07) is -0.891. The molecule has 3 N–H and O–H groups in total. The monoisotopic (exact) mass is 258 g/mol. The lowest BCUT2D eigenvalue weighted by atomic mass is 9.87. The van der Waals surface area contributed by atoms with Crippen molar-refractivity contribution in [3.8, 4) is 0 Å². The topological polar surface area (TPSA) is 108 Å². The Hall–Kier alpha value is -1.63. The molecule has 0 bridgehead atoms. The van der Waals surface area contributed by atoms with E-state index in [1.165, 1.54) is 7.11 Å². The van der Waals surface area contributed by atoms with E-state index in [0.29, 0.717) is 25.7 Å². The number of amides is 3. The molecule has 0 atom stereocenters. The molecule has 1 fully saturated rings. The maximum absolute atomic E-state index is 11.3. The number of ether oxygens (including phenoxy) is 2. The maximum atomic E-state index is 11.3. The van der Waals surface area contributed by atoms with Crippen LogP contribution in [0.15, 0.2) is 0 Å². The number of carbonyl (C=O) groups excluding carboxylic acids is 3. The standard InChI is InChI=1S/C11H18N2O5/c1-17-10(15)7-2-4-8(5-3-7)18-6-9(14)13-11(12)16/h7-8H,2-6H2,1H3,(H3,12,13,14,16). The Morgan fingerprint density at radius 1 is 1.22 bits per heavy atom. The van der Waals surface area contributed by atoms with Crippen LogP contribution in [0.4, 0.5) is 4.79 Å². The van der Waals surface area contributed by atoms with E-state index in [0.717, 1.165) is 0 Å². The number of primary amides is 1. The van der Waals surface area contributed by atoms with Crippen LogP contribution in [-0.2, 0) is 19.1 Å². The molecule has 0 saturated heterocycles. The second-order valence-corrected chi connectivity index (χ2v) is 4.22. The van der Waals surface area contributed by atoms with E-state index >= 15 is 0 Å². The molecule has 0 aliphatic heterocycles. The summed E-state index contributed by atoms with van der Waals surface area (Å²) in [6.45, 7) is -0.198. The summed E-state index contributed by atoms with van der Waals surface area (Å²) >= 11 is 0. The van der Waals surface area contributed by atoms with Crippen molar-refractivity contribution in [1.29, 1.82) is 0 Å². The maximum Gasteiger partial charge on any atom is 0.318 e. The van der Waals surface area contributed by atoms with Crippen molar-refractivity contribution in [2.45, 2.75) is 31.8 Å². The summed E-state index contributed by atoms with van der Waals surface area (Å²) in [6.07, 6.45) is 2.71. The lowest BCUT2D eigenvalue weighted by Crippen LogP contribution is -2.38. The Kier molecular flexibility index (Phi) is 5.57. The van der Waals surface area contributed by atoms with Gasteiger partial charge in [-0.15, -0.1) is 0 Å². The van der Waals surface area contributed by atoms with Crippen molar-refractivity contribution in [2.24, 2.45) is 11.7 Å². The van der Waals surface area contributed by atoms with Crippen LogP contribution in [0.2, 0.25) is 0 Å². The van der Waals surface area contributed by atoms with Gasteiger partial charge in [-0.05, 0) is 25.7 Å². The third-order valence-corrected chi connectivity index (χ3v) is 2.92. The molecular weight excluding hydrogens is 240 g/mol. The van der Waals surface area contributed by atoms with Crippen molar-refractivity contribution in [1.82, 2.24) is 5.32 Å². The van der Waals surface area contributed by atoms with Crippen molar-refractivity contribution >= 4 is 17.9 Å². The fraction of sp³-hybridized carbons (Fsp3) is 0.727. The number of rotatable bonds is 4. The van der Waals surface area contributed by atoms with Crippen molar-refractivity contribution < 1.29 is 23.9 Å². The Morgan fingerprint density at radius 3 is 2.33 bits per heavy atom. The average Bonchev–Trinajstić information content (AvgIpc) is 2.35. The Labute approximate surface area is 105 Å². The number of methoxy groups -OCH3 is 1. The van der Waals surface area contributed by atoms with Crippen molar-refractivity contribution in [3.63, 3.8) is 0 Å². The van der Waals surface area contributed by atoms with Crippen molar-refractivity contribution in [2.75, 3.05) is 13.7 Å². The number of hydrogen-bond donors (Lipinski definition) is 2. The molecule has 3 amide bonds. The summed E-state index contributed by atoms with van der Waals surface area (Å²) in [4.78, 5) is 32.8. The molecular formula is C11H18N2O5. The fourth-order valence-electron chi connectivity index (χ4n) is 2.00. The minimum atomic E-state index is -0.891. The van der Waals surface area contributed by atoms with Gasteiger partial charge in [0.15, 0.2) is 0 Å². The van der Waals surface area contributed by atoms with E-state index in [-0.39, 0.29) is 24.6 Å². The molecule has 0 unspecified atom stereocenters. The Bertz CT molecular complexity index is 323. The zero-order valence-corrected chi connectivity index (χ0v) is 10.3. The van der Waals surface area contributed by atoms with Gasteiger partial charge in [0, 0.05) is 0 Å². The number of urea groups is 1. The molecule has 0 aromatic heterocycles. The van der Waals surface area contributed by atoms with Gasteiger partial charge in [-0.25, -0.2) is 4.79 Å². The molecule has 0 heterocycles. The highest BCUT2D eigenvalue weighted by Crippen LogP contribution is 2.26. The Balaban J connectivity index is 2.21. The molecule has 7 heteroatoms. The third-order valence-electron chi connectivity index (χ3n) is 2.92. The van der Waals surface area contributed by atoms with E-state index in [1.807, 2.05) is 5.32 Å². The molecule has 1 saturated carbocycles. The molecule has 0 spiro atoms. The first-order valence-electron chi connectivity index (χ1n) is 5.81. The fourth-order valence-corrected chi connectivity index (χ4v) is 2.00. The van der Waals surface area contributed by atoms with E-state index < -0.39 is 11.9 Å². The van der Waals surface area contributed by atoms with E-state index in [9.17, 15) is 14.4 Å². The van der Waals surface area contributed by atoms with Gasteiger partial charge in [-0.1, -0.05) is 0 Å². The molecule has 0 aromatic rings.